The van der Waals surface area contributed by atoms with Crippen molar-refractivity contribution in [2.24, 2.45) is 0 Å². The SMILES string of the molecule is O=C(NC1CCCC1)c1cc(C2CC2)nc2onc(C3CCCNC3)c12. The first-order valence-corrected chi connectivity index (χ1v) is 10.1. The third-order valence-corrected chi connectivity index (χ3v) is 6.11. The molecule has 26 heavy (non-hydrogen) atoms. The van der Waals surface area contributed by atoms with Crippen LogP contribution in [0.25, 0.3) is 11.1 Å². The minimum atomic E-state index is 0.0134. The maximum absolute atomic E-state index is 13.1. The molecule has 2 aromatic rings. The minimum absolute atomic E-state index is 0.0134. The Morgan fingerprint density at radius 2 is 1.96 bits per heavy atom. The molecule has 3 fully saturated rings. The number of carbonyl (C=O) groups is 1. The van der Waals surface area contributed by atoms with Gasteiger partial charge in [-0.05, 0) is 51.1 Å². The summed E-state index contributed by atoms with van der Waals surface area (Å²) in [5, 5.41) is 11.9. The molecule has 5 rings (SSSR count). The van der Waals surface area contributed by atoms with E-state index in [1.165, 1.54) is 12.8 Å². The van der Waals surface area contributed by atoms with Crippen molar-refractivity contribution in [2.75, 3.05) is 13.1 Å². The standard InChI is InChI=1S/C20H26N4O2/c25-19(22-14-5-1-2-6-14)15-10-16(12-7-8-12)23-20-17(15)18(24-26-20)13-4-3-9-21-11-13/h10,12-14,21H,1-9,11H2,(H,22,25). The molecule has 3 heterocycles. The van der Waals surface area contributed by atoms with Gasteiger partial charge in [0.25, 0.3) is 11.6 Å². The highest BCUT2D eigenvalue weighted by Gasteiger charge is 2.31. The average molecular weight is 354 g/mol. The summed E-state index contributed by atoms with van der Waals surface area (Å²) in [6.45, 7) is 1.93. The van der Waals surface area contributed by atoms with Gasteiger partial charge in [0.1, 0.15) is 0 Å². The highest BCUT2D eigenvalue weighted by Crippen LogP contribution is 2.41. The van der Waals surface area contributed by atoms with Crippen LogP contribution in [0.15, 0.2) is 10.6 Å². The second-order valence-corrected chi connectivity index (χ2v) is 8.12. The van der Waals surface area contributed by atoms with Gasteiger partial charge in [-0.15, -0.1) is 0 Å². The molecule has 2 aromatic heterocycles. The summed E-state index contributed by atoms with van der Waals surface area (Å²) < 4.78 is 5.61. The Bertz CT molecular complexity index is 815. The Morgan fingerprint density at radius 3 is 2.69 bits per heavy atom. The van der Waals surface area contributed by atoms with E-state index >= 15 is 0 Å². The summed E-state index contributed by atoms with van der Waals surface area (Å²) in [6, 6.07) is 2.30. The van der Waals surface area contributed by atoms with Crippen molar-refractivity contribution in [1.82, 2.24) is 20.8 Å². The first-order valence-electron chi connectivity index (χ1n) is 10.1. The van der Waals surface area contributed by atoms with E-state index in [9.17, 15) is 4.79 Å². The van der Waals surface area contributed by atoms with Crippen LogP contribution in [-0.4, -0.2) is 35.2 Å². The van der Waals surface area contributed by atoms with Crippen molar-refractivity contribution in [3.63, 3.8) is 0 Å². The number of carbonyl (C=O) groups excluding carboxylic acids is 1. The first kappa shape index (κ1) is 16.2. The largest absolute Gasteiger partial charge is 0.349 e. The van der Waals surface area contributed by atoms with Gasteiger partial charge in [0.15, 0.2) is 0 Å². The molecule has 6 heteroatoms. The summed E-state index contributed by atoms with van der Waals surface area (Å²) in [4.78, 5) is 17.8. The van der Waals surface area contributed by atoms with Gasteiger partial charge in [-0.25, -0.2) is 4.98 Å². The lowest BCUT2D eigenvalue weighted by Crippen LogP contribution is -2.33. The van der Waals surface area contributed by atoms with Crippen molar-refractivity contribution in [3.8, 4) is 0 Å². The quantitative estimate of drug-likeness (QED) is 0.881. The highest BCUT2D eigenvalue weighted by atomic mass is 16.5. The number of nitrogens with one attached hydrogen (secondary N) is 2. The predicted molar refractivity (Wildman–Crippen MR) is 98.3 cm³/mol. The molecule has 1 unspecified atom stereocenters. The van der Waals surface area contributed by atoms with Gasteiger partial charge in [-0.3, -0.25) is 4.79 Å². The zero-order valence-electron chi connectivity index (χ0n) is 15.1. The number of fused-ring (bicyclic) bond motifs is 1. The molecule has 138 valence electrons. The van der Waals surface area contributed by atoms with E-state index in [1.54, 1.807) is 0 Å². The molecule has 1 aliphatic heterocycles. The van der Waals surface area contributed by atoms with E-state index in [2.05, 4.69) is 15.8 Å². The highest BCUT2D eigenvalue weighted by molar-refractivity contribution is 6.06. The Balaban J connectivity index is 1.55. The molecular formula is C20H26N4O2. The van der Waals surface area contributed by atoms with Crippen LogP contribution < -0.4 is 10.6 Å². The van der Waals surface area contributed by atoms with E-state index in [0.717, 1.165) is 68.4 Å². The van der Waals surface area contributed by atoms with E-state index in [4.69, 9.17) is 9.51 Å². The smallest absolute Gasteiger partial charge is 0.259 e. The number of hydrogen-bond donors (Lipinski definition) is 2. The van der Waals surface area contributed by atoms with Crippen LogP contribution in [0.1, 0.15) is 84.9 Å². The number of aromatic nitrogens is 2. The lowest BCUT2D eigenvalue weighted by Gasteiger charge is -2.21. The fraction of sp³-hybridized carbons (Fsp3) is 0.650. The lowest BCUT2D eigenvalue weighted by atomic mass is 9.92. The van der Waals surface area contributed by atoms with Crippen molar-refractivity contribution >= 4 is 17.0 Å². The monoisotopic (exact) mass is 354 g/mol. The third kappa shape index (κ3) is 3.00. The normalized spacial score (nSPS) is 24.2. The van der Waals surface area contributed by atoms with Crippen LogP contribution in [0, 0.1) is 0 Å². The maximum Gasteiger partial charge on any atom is 0.259 e. The molecule has 2 N–H and O–H groups in total. The summed E-state index contributed by atoms with van der Waals surface area (Å²) in [5.74, 6) is 0.776. The lowest BCUT2D eigenvalue weighted by molar-refractivity contribution is 0.0939. The van der Waals surface area contributed by atoms with Crippen molar-refractivity contribution in [3.05, 3.63) is 23.0 Å². The van der Waals surface area contributed by atoms with Crippen LogP contribution in [0.2, 0.25) is 0 Å². The molecule has 2 saturated carbocycles. The second-order valence-electron chi connectivity index (χ2n) is 8.12. The average Bonchev–Trinajstić information content (AvgIpc) is 3.23. The molecule has 0 radical (unpaired) electrons. The number of pyridine rings is 1. The van der Waals surface area contributed by atoms with E-state index in [1.807, 2.05) is 6.07 Å². The van der Waals surface area contributed by atoms with Crippen molar-refractivity contribution in [2.45, 2.75) is 69.2 Å². The molecule has 6 nitrogen and oxygen atoms in total. The van der Waals surface area contributed by atoms with Crippen LogP contribution in [0.5, 0.6) is 0 Å². The first-order chi connectivity index (χ1) is 12.8. The van der Waals surface area contributed by atoms with Gasteiger partial charge in [-0.2, -0.15) is 0 Å². The van der Waals surface area contributed by atoms with Crippen molar-refractivity contribution < 1.29 is 9.32 Å². The van der Waals surface area contributed by atoms with E-state index in [0.29, 0.717) is 23.2 Å². The molecule has 3 aliphatic rings. The maximum atomic E-state index is 13.1. The molecule has 0 aromatic carbocycles. The Morgan fingerprint density at radius 1 is 1.12 bits per heavy atom. The van der Waals surface area contributed by atoms with Gasteiger partial charge < -0.3 is 15.2 Å². The molecule has 1 amide bonds. The summed E-state index contributed by atoms with van der Waals surface area (Å²) in [6.07, 6.45) is 9.06. The summed E-state index contributed by atoms with van der Waals surface area (Å²) in [7, 11) is 0. The molecule has 1 saturated heterocycles. The minimum Gasteiger partial charge on any atom is -0.349 e. The molecule has 0 spiro atoms. The zero-order chi connectivity index (χ0) is 17.5. The molecule has 1 atom stereocenters. The number of rotatable bonds is 4. The molecular weight excluding hydrogens is 328 g/mol. The van der Waals surface area contributed by atoms with Crippen LogP contribution in [0.4, 0.5) is 0 Å². The van der Waals surface area contributed by atoms with Gasteiger partial charge in [0, 0.05) is 30.1 Å². The summed E-state index contributed by atoms with van der Waals surface area (Å²) >= 11 is 0. The fourth-order valence-corrected chi connectivity index (χ4v) is 4.46. The van der Waals surface area contributed by atoms with Gasteiger partial charge in [-0.1, -0.05) is 18.0 Å². The number of hydrogen-bond acceptors (Lipinski definition) is 5. The topological polar surface area (TPSA) is 80.1 Å². The summed E-state index contributed by atoms with van der Waals surface area (Å²) in [5.41, 5.74) is 3.13. The molecule has 0 bridgehead atoms. The van der Waals surface area contributed by atoms with Crippen LogP contribution in [0.3, 0.4) is 0 Å². The number of amides is 1. The van der Waals surface area contributed by atoms with Gasteiger partial charge in [0.2, 0.25) is 0 Å². The van der Waals surface area contributed by atoms with E-state index in [-0.39, 0.29) is 11.8 Å². The Kier molecular flexibility index (Phi) is 4.15. The Labute approximate surface area is 153 Å². The van der Waals surface area contributed by atoms with Crippen molar-refractivity contribution in [1.29, 1.82) is 0 Å². The molecule has 2 aliphatic carbocycles. The second kappa shape index (κ2) is 6.65. The fourth-order valence-electron chi connectivity index (χ4n) is 4.46. The Hall–Kier alpha value is -1.95. The number of piperidine rings is 1. The zero-order valence-corrected chi connectivity index (χ0v) is 15.1. The number of nitrogens with zero attached hydrogens (tertiary/aromatic N) is 2. The van der Waals surface area contributed by atoms with E-state index < -0.39 is 0 Å². The van der Waals surface area contributed by atoms with Crippen LogP contribution in [-0.2, 0) is 0 Å². The van der Waals surface area contributed by atoms with Gasteiger partial charge in [0.05, 0.1) is 16.6 Å². The van der Waals surface area contributed by atoms with Gasteiger partial charge >= 0.3 is 0 Å². The third-order valence-electron chi connectivity index (χ3n) is 6.11. The predicted octanol–water partition coefficient (Wildman–Crippen LogP) is 3.24. The van der Waals surface area contributed by atoms with Crippen LogP contribution >= 0.6 is 0 Å².